The number of aliphatic hydroxyl groups is 1. The highest BCUT2D eigenvalue weighted by Gasteiger charge is 2.46. The number of nitrogens with zero attached hydrogens (tertiary/aromatic N) is 2. The molecule has 2 heterocycles. The third-order valence-electron chi connectivity index (χ3n) is 5.52. The van der Waals surface area contributed by atoms with Gasteiger partial charge >= 0.3 is 0 Å². The van der Waals surface area contributed by atoms with Crippen LogP contribution in [0.25, 0.3) is 5.76 Å². The fourth-order valence-corrected chi connectivity index (χ4v) is 4.56. The molecular weight excluding hydrogens is 479 g/mol. The molecule has 174 valence electrons. The van der Waals surface area contributed by atoms with Gasteiger partial charge in [0.1, 0.15) is 17.3 Å². The van der Waals surface area contributed by atoms with Gasteiger partial charge in [-0.15, -0.1) is 0 Å². The Hall–Kier alpha value is -3.55. The van der Waals surface area contributed by atoms with Crippen molar-refractivity contribution in [3.05, 3.63) is 93.2 Å². The summed E-state index contributed by atoms with van der Waals surface area (Å²) in [5.74, 6) is -1.27. The number of ketones is 1. The van der Waals surface area contributed by atoms with Gasteiger partial charge in [-0.3, -0.25) is 14.6 Å². The number of ether oxygens (including phenoxy) is 2. The van der Waals surface area contributed by atoms with Crippen molar-refractivity contribution in [2.24, 2.45) is 0 Å². The number of methoxy groups -OCH3 is 2. The van der Waals surface area contributed by atoms with E-state index in [0.717, 1.165) is 5.56 Å². The number of hydrogen-bond acceptors (Lipinski definition) is 6. The second-order valence-electron chi connectivity index (χ2n) is 7.53. The first-order valence-corrected chi connectivity index (χ1v) is 11.0. The Kier molecular flexibility index (Phi) is 6.77. The smallest absolute Gasteiger partial charge is 0.295 e. The predicted octanol–water partition coefficient (Wildman–Crippen LogP) is 5.03. The molecule has 9 heteroatoms. The summed E-state index contributed by atoms with van der Waals surface area (Å²) in [5, 5.41) is 11.7. The van der Waals surface area contributed by atoms with E-state index in [1.807, 2.05) is 6.07 Å². The SMILES string of the molecule is COc1cccc(CN2C(=O)C(=O)/C(=C(/O)c3cc(Cl)cc(Cl)c3OC)C2c2ccncc2)c1. The van der Waals surface area contributed by atoms with Gasteiger partial charge in [-0.25, -0.2) is 0 Å². The molecule has 7 nitrogen and oxygen atoms in total. The molecule has 0 saturated carbocycles. The van der Waals surface area contributed by atoms with E-state index in [4.69, 9.17) is 32.7 Å². The van der Waals surface area contributed by atoms with Gasteiger partial charge in [-0.1, -0.05) is 35.3 Å². The van der Waals surface area contributed by atoms with Crippen LogP contribution in [0.5, 0.6) is 11.5 Å². The Bertz CT molecular complexity index is 1290. The molecule has 34 heavy (non-hydrogen) atoms. The molecule has 0 spiro atoms. The van der Waals surface area contributed by atoms with Gasteiger partial charge in [-0.05, 0) is 47.5 Å². The van der Waals surface area contributed by atoms with Crippen LogP contribution >= 0.6 is 23.2 Å². The van der Waals surface area contributed by atoms with Gasteiger partial charge in [0.25, 0.3) is 11.7 Å². The average molecular weight is 499 g/mol. The van der Waals surface area contributed by atoms with Crippen molar-refractivity contribution in [2.75, 3.05) is 14.2 Å². The first-order chi connectivity index (χ1) is 16.3. The molecule has 0 radical (unpaired) electrons. The van der Waals surface area contributed by atoms with Crippen molar-refractivity contribution < 1.29 is 24.2 Å². The second kappa shape index (κ2) is 9.75. The van der Waals surface area contributed by atoms with Crippen molar-refractivity contribution in [3.8, 4) is 11.5 Å². The van der Waals surface area contributed by atoms with Crippen molar-refractivity contribution in [3.63, 3.8) is 0 Å². The molecule has 1 atom stereocenters. The van der Waals surface area contributed by atoms with E-state index in [-0.39, 0.29) is 33.5 Å². The molecule has 1 N–H and O–H groups in total. The van der Waals surface area contributed by atoms with Gasteiger partial charge in [0.2, 0.25) is 0 Å². The van der Waals surface area contributed by atoms with E-state index in [0.29, 0.717) is 11.3 Å². The highest BCUT2D eigenvalue weighted by molar-refractivity contribution is 6.46. The van der Waals surface area contributed by atoms with E-state index < -0.39 is 23.5 Å². The number of amides is 1. The largest absolute Gasteiger partial charge is 0.507 e. The van der Waals surface area contributed by atoms with E-state index in [9.17, 15) is 14.7 Å². The zero-order valence-electron chi connectivity index (χ0n) is 18.3. The Morgan fingerprint density at radius 2 is 1.79 bits per heavy atom. The van der Waals surface area contributed by atoms with Gasteiger partial charge in [0, 0.05) is 24.0 Å². The summed E-state index contributed by atoms with van der Waals surface area (Å²) in [6.45, 7) is 0.110. The van der Waals surface area contributed by atoms with Crippen molar-refractivity contribution in [1.29, 1.82) is 0 Å². The summed E-state index contributed by atoms with van der Waals surface area (Å²) >= 11 is 12.4. The summed E-state index contributed by atoms with van der Waals surface area (Å²) < 4.78 is 10.6. The number of aromatic nitrogens is 1. The lowest BCUT2D eigenvalue weighted by molar-refractivity contribution is -0.140. The van der Waals surface area contributed by atoms with Gasteiger partial charge in [-0.2, -0.15) is 0 Å². The number of benzene rings is 2. The number of pyridine rings is 1. The third kappa shape index (κ3) is 4.32. The van der Waals surface area contributed by atoms with E-state index in [1.54, 1.807) is 49.8 Å². The molecular formula is C25H20Cl2N2O5. The lowest BCUT2D eigenvalue weighted by Crippen LogP contribution is -2.29. The van der Waals surface area contributed by atoms with Crippen LogP contribution in [0.15, 0.2) is 66.5 Å². The minimum absolute atomic E-state index is 0.101. The number of aliphatic hydroxyl groups excluding tert-OH is 1. The molecule has 4 rings (SSSR count). The molecule has 0 bridgehead atoms. The van der Waals surface area contributed by atoms with Gasteiger partial charge in [0.05, 0.1) is 36.4 Å². The number of Topliss-reactive ketones (excluding diaryl/α,β-unsaturated/α-hetero) is 1. The highest BCUT2D eigenvalue weighted by Crippen LogP contribution is 2.43. The molecule has 1 unspecified atom stereocenters. The Labute approximate surface area is 206 Å². The van der Waals surface area contributed by atoms with Crippen LogP contribution in [-0.4, -0.2) is 40.9 Å². The third-order valence-corrected chi connectivity index (χ3v) is 6.02. The van der Waals surface area contributed by atoms with Crippen LogP contribution in [0.4, 0.5) is 0 Å². The zero-order valence-corrected chi connectivity index (χ0v) is 19.8. The van der Waals surface area contributed by atoms with Crippen LogP contribution in [0.2, 0.25) is 10.0 Å². The summed E-state index contributed by atoms with van der Waals surface area (Å²) in [4.78, 5) is 31.9. The summed E-state index contributed by atoms with van der Waals surface area (Å²) in [5.41, 5.74) is 1.36. The monoisotopic (exact) mass is 498 g/mol. The molecule has 1 fully saturated rings. The summed E-state index contributed by atoms with van der Waals surface area (Å²) in [7, 11) is 2.93. The quantitative estimate of drug-likeness (QED) is 0.291. The molecule has 1 amide bonds. The van der Waals surface area contributed by atoms with Crippen LogP contribution in [0.1, 0.15) is 22.7 Å². The number of carbonyl (C=O) groups is 2. The maximum absolute atomic E-state index is 13.2. The summed E-state index contributed by atoms with van der Waals surface area (Å²) in [6, 6.07) is 12.6. The molecule has 2 aromatic carbocycles. The maximum Gasteiger partial charge on any atom is 0.295 e. The Morgan fingerprint density at radius 1 is 1.06 bits per heavy atom. The van der Waals surface area contributed by atoms with Crippen LogP contribution < -0.4 is 9.47 Å². The average Bonchev–Trinajstić information content (AvgIpc) is 3.08. The van der Waals surface area contributed by atoms with Crippen LogP contribution in [-0.2, 0) is 16.1 Å². The lowest BCUT2D eigenvalue weighted by Gasteiger charge is -2.25. The van der Waals surface area contributed by atoms with Gasteiger partial charge < -0.3 is 19.5 Å². The molecule has 0 aliphatic carbocycles. The van der Waals surface area contributed by atoms with Crippen LogP contribution in [0, 0.1) is 0 Å². The number of likely N-dealkylation sites (tertiary alicyclic amines) is 1. The Morgan fingerprint density at radius 3 is 2.47 bits per heavy atom. The van der Waals surface area contributed by atoms with Gasteiger partial charge in [0.15, 0.2) is 0 Å². The first-order valence-electron chi connectivity index (χ1n) is 10.2. The van der Waals surface area contributed by atoms with E-state index >= 15 is 0 Å². The molecule has 1 saturated heterocycles. The minimum atomic E-state index is -0.878. The number of hydrogen-bond donors (Lipinski definition) is 1. The van der Waals surface area contributed by atoms with Crippen molar-refractivity contribution >= 4 is 40.7 Å². The standard InChI is InChI=1S/C25H20Cl2N2O5/c1-33-17-5-3-4-14(10-17)13-29-21(15-6-8-28-9-7-15)20(23(31)25(29)32)22(30)18-11-16(26)12-19(27)24(18)34-2/h3-12,21,30H,13H2,1-2H3/b22-20+. The molecule has 1 aliphatic rings. The highest BCUT2D eigenvalue weighted by atomic mass is 35.5. The minimum Gasteiger partial charge on any atom is -0.507 e. The number of rotatable bonds is 6. The molecule has 1 aromatic heterocycles. The number of halogens is 2. The lowest BCUT2D eigenvalue weighted by atomic mass is 9.95. The van der Waals surface area contributed by atoms with E-state index in [2.05, 4.69) is 4.98 Å². The van der Waals surface area contributed by atoms with Crippen molar-refractivity contribution in [1.82, 2.24) is 9.88 Å². The number of carbonyl (C=O) groups excluding carboxylic acids is 2. The van der Waals surface area contributed by atoms with Crippen LogP contribution in [0.3, 0.4) is 0 Å². The second-order valence-corrected chi connectivity index (χ2v) is 8.37. The fourth-order valence-electron chi connectivity index (χ4n) is 3.99. The molecule has 3 aromatic rings. The first kappa shape index (κ1) is 23.6. The summed E-state index contributed by atoms with van der Waals surface area (Å²) in [6.07, 6.45) is 3.11. The predicted molar refractivity (Wildman–Crippen MR) is 128 cm³/mol. The molecule has 1 aliphatic heterocycles. The normalized spacial score (nSPS) is 17.2. The topological polar surface area (TPSA) is 89.0 Å². The van der Waals surface area contributed by atoms with E-state index in [1.165, 1.54) is 24.1 Å². The zero-order chi connectivity index (χ0) is 24.4. The fraction of sp³-hybridized carbons (Fsp3) is 0.160. The van der Waals surface area contributed by atoms with Crippen molar-refractivity contribution in [2.45, 2.75) is 12.6 Å². The Balaban J connectivity index is 1.90. The maximum atomic E-state index is 13.2.